The van der Waals surface area contributed by atoms with Crippen molar-refractivity contribution in [2.24, 2.45) is 0 Å². The molecule has 0 aromatic carbocycles. The molecule has 6 nitrogen and oxygen atoms in total. The molecule has 1 aliphatic rings. The van der Waals surface area contributed by atoms with Crippen molar-refractivity contribution in [2.45, 2.75) is 64.0 Å². The highest BCUT2D eigenvalue weighted by molar-refractivity contribution is 7.90. The first-order valence-electron chi connectivity index (χ1n) is 5.95. The van der Waals surface area contributed by atoms with Crippen LogP contribution < -0.4 is 10.0 Å². The van der Waals surface area contributed by atoms with Gasteiger partial charge in [0.25, 0.3) is 0 Å². The van der Waals surface area contributed by atoms with Gasteiger partial charge in [-0.25, -0.2) is 13.2 Å². The van der Waals surface area contributed by atoms with Crippen molar-refractivity contribution in [3.8, 4) is 0 Å². The zero-order valence-electron chi connectivity index (χ0n) is 11.5. The van der Waals surface area contributed by atoms with E-state index in [-0.39, 0.29) is 5.25 Å². The van der Waals surface area contributed by atoms with E-state index in [0.717, 1.165) is 0 Å². The molecule has 1 saturated carbocycles. The number of rotatable bonds is 4. The van der Waals surface area contributed by atoms with Crippen LogP contribution in [0.3, 0.4) is 0 Å². The number of hydrogen-bond acceptors (Lipinski definition) is 4. The summed E-state index contributed by atoms with van der Waals surface area (Å²) in [5, 5.41) is 2.27. The summed E-state index contributed by atoms with van der Waals surface area (Å²) in [7, 11) is -3.39. The number of alkyl carbamates (subject to hydrolysis) is 1. The second kappa shape index (κ2) is 4.70. The highest BCUT2D eigenvalue weighted by Crippen LogP contribution is 2.28. The van der Waals surface area contributed by atoms with Crippen molar-refractivity contribution in [1.29, 1.82) is 0 Å². The summed E-state index contributed by atoms with van der Waals surface area (Å²) in [6.45, 7) is 8.46. The first-order chi connectivity index (χ1) is 7.91. The Balaban J connectivity index is 2.56. The van der Waals surface area contributed by atoms with Crippen molar-refractivity contribution in [2.75, 3.05) is 0 Å². The summed E-state index contributed by atoms with van der Waals surface area (Å²) in [6.07, 6.45) is 0.685. The van der Waals surface area contributed by atoms with Crippen LogP contribution >= 0.6 is 0 Å². The Bertz CT molecular complexity index is 419. The van der Waals surface area contributed by atoms with Gasteiger partial charge in [-0.2, -0.15) is 4.72 Å². The molecule has 1 fully saturated rings. The average Bonchev–Trinajstić information content (AvgIpc) is 2.74. The maximum absolute atomic E-state index is 11.8. The molecule has 106 valence electrons. The minimum Gasteiger partial charge on any atom is -0.427 e. The molecule has 1 amide bonds. The molecule has 0 aliphatic heterocycles. The Morgan fingerprint density at radius 1 is 1.17 bits per heavy atom. The fraction of sp³-hybridized carbons (Fsp3) is 0.909. The molecule has 1 aliphatic carbocycles. The SMILES string of the molecule is CC(C)(C)NC(=O)OC(C)(C)NS(=O)(=O)C1CC1. The summed E-state index contributed by atoms with van der Waals surface area (Å²) >= 11 is 0. The predicted octanol–water partition coefficient (Wildman–Crippen LogP) is 1.33. The van der Waals surface area contributed by atoms with Crippen LogP contribution in [-0.4, -0.2) is 31.0 Å². The summed E-state index contributed by atoms with van der Waals surface area (Å²) in [5.74, 6) is 0. The highest BCUT2D eigenvalue weighted by atomic mass is 32.2. The molecule has 0 bridgehead atoms. The zero-order chi connectivity index (χ0) is 14.2. The molecule has 0 atom stereocenters. The van der Waals surface area contributed by atoms with Crippen LogP contribution in [0.2, 0.25) is 0 Å². The second-order valence-electron chi connectivity index (χ2n) is 6.12. The number of ether oxygens (including phenoxy) is 1. The summed E-state index contributed by atoms with van der Waals surface area (Å²) in [5.41, 5.74) is -1.68. The van der Waals surface area contributed by atoms with E-state index in [1.54, 1.807) is 0 Å². The summed E-state index contributed by atoms with van der Waals surface area (Å²) in [6, 6.07) is 0. The quantitative estimate of drug-likeness (QED) is 0.760. The molecule has 0 radical (unpaired) electrons. The van der Waals surface area contributed by atoms with Gasteiger partial charge < -0.3 is 10.1 Å². The van der Waals surface area contributed by atoms with Gasteiger partial charge in [-0.15, -0.1) is 0 Å². The van der Waals surface area contributed by atoms with Gasteiger partial charge in [-0.1, -0.05) is 0 Å². The molecule has 0 aromatic rings. The minimum atomic E-state index is -3.39. The van der Waals surface area contributed by atoms with E-state index in [4.69, 9.17) is 4.74 Å². The van der Waals surface area contributed by atoms with Gasteiger partial charge in [-0.3, -0.25) is 0 Å². The molecule has 1 rings (SSSR count). The Hall–Kier alpha value is -0.820. The lowest BCUT2D eigenvalue weighted by molar-refractivity contribution is 0.0271. The maximum Gasteiger partial charge on any atom is 0.409 e. The lowest BCUT2D eigenvalue weighted by Gasteiger charge is -2.28. The number of hydrogen-bond donors (Lipinski definition) is 2. The maximum atomic E-state index is 11.8. The molecule has 0 spiro atoms. The second-order valence-corrected chi connectivity index (χ2v) is 8.08. The van der Waals surface area contributed by atoms with E-state index < -0.39 is 27.4 Å². The Labute approximate surface area is 109 Å². The Morgan fingerprint density at radius 2 is 1.67 bits per heavy atom. The van der Waals surface area contributed by atoms with E-state index in [2.05, 4.69) is 10.0 Å². The fourth-order valence-electron chi connectivity index (χ4n) is 1.39. The third-order valence-electron chi connectivity index (χ3n) is 2.18. The van der Waals surface area contributed by atoms with Gasteiger partial charge >= 0.3 is 6.09 Å². The molecular weight excluding hydrogens is 256 g/mol. The third-order valence-corrected chi connectivity index (χ3v) is 4.30. The molecule has 7 heteroatoms. The number of carbonyl (C=O) groups is 1. The molecule has 0 unspecified atom stereocenters. The average molecular weight is 278 g/mol. The fourth-order valence-corrected chi connectivity index (χ4v) is 3.04. The van der Waals surface area contributed by atoms with E-state index >= 15 is 0 Å². The molecule has 18 heavy (non-hydrogen) atoms. The van der Waals surface area contributed by atoms with E-state index in [9.17, 15) is 13.2 Å². The van der Waals surface area contributed by atoms with Crippen LogP contribution in [0.25, 0.3) is 0 Å². The van der Waals surface area contributed by atoms with Crippen molar-refractivity contribution < 1.29 is 17.9 Å². The largest absolute Gasteiger partial charge is 0.427 e. The van der Waals surface area contributed by atoms with Crippen molar-refractivity contribution in [3.05, 3.63) is 0 Å². The van der Waals surface area contributed by atoms with E-state index in [0.29, 0.717) is 12.8 Å². The minimum absolute atomic E-state index is 0.342. The van der Waals surface area contributed by atoms with Crippen LogP contribution in [0.15, 0.2) is 0 Å². The first kappa shape index (κ1) is 15.2. The number of sulfonamides is 1. The molecule has 0 saturated heterocycles. The Kier molecular flexibility index (Phi) is 3.97. The standard InChI is InChI=1S/C11H22N2O4S/c1-10(2,3)12-9(14)17-11(4,5)13-18(15,16)8-6-7-8/h8,13H,6-7H2,1-5H3,(H,12,14). The third kappa shape index (κ3) is 5.22. The van der Waals surface area contributed by atoms with E-state index in [1.807, 2.05) is 20.8 Å². The predicted molar refractivity (Wildman–Crippen MR) is 68.5 cm³/mol. The lowest BCUT2D eigenvalue weighted by atomic mass is 10.1. The van der Waals surface area contributed by atoms with Crippen LogP contribution in [0.1, 0.15) is 47.5 Å². The van der Waals surface area contributed by atoms with Gasteiger partial charge in [-0.05, 0) is 47.5 Å². The van der Waals surface area contributed by atoms with Gasteiger partial charge in [0, 0.05) is 5.54 Å². The van der Waals surface area contributed by atoms with Crippen LogP contribution in [0.5, 0.6) is 0 Å². The van der Waals surface area contributed by atoms with Gasteiger partial charge in [0.2, 0.25) is 10.0 Å². The smallest absolute Gasteiger partial charge is 0.409 e. The zero-order valence-corrected chi connectivity index (χ0v) is 12.3. The molecule has 0 aromatic heterocycles. The van der Waals surface area contributed by atoms with E-state index in [1.165, 1.54) is 13.8 Å². The highest BCUT2D eigenvalue weighted by Gasteiger charge is 2.40. The van der Waals surface area contributed by atoms with Crippen LogP contribution in [-0.2, 0) is 14.8 Å². The molecule has 0 heterocycles. The summed E-state index contributed by atoms with van der Waals surface area (Å²) in [4.78, 5) is 11.6. The number of nitrogens with one attached hydrogen (secondary N) is 2. The first-order valence-corrected chi connectivity index (χ1v) is 7.50. The molecular formula is C11H22N2O4S. The number of carbonyl (C=O) groups excluding carboxylic acids is 1. The van der Waals surface area contributed by atoms with Gasteiger partial charge in [0.1, 0.15) is 0 Å². The van der Waals surface area contributed by atoms with Crippen molar-refractivity contribution in [1.82, 2.24) is 10.0 Å². The monoisotopic (exact) mass is 278 g/mol. The van der Waals surface area contributed by atoms with Gasteiger partial charge in [0.15, 0.2) is 5.72 Å². The normalized spacial score (nSPS) is 17.4. The van der Waals surface area contributed by atoms with Gasteiger partial charge in [0.05, 0.1) is 5.25 Å². The number of amides is 1. The summed E-state index contributed by atoms with van der Waals surface area (Å²) < 4.78 is 31.0. The van der Waals surface area contributed by atoms with Crippen LogP contribution in [0.4, 0.5) is 4.79 Å². The molecule has 2 N–H and O–H groups in total. The van der Waals surface area contributed by atoms with Crippen LogP contribution in [0, 0.1) is 0 Å². The Morgan fingerprint density at radius 3 is 2.06 bits per heavy atom. The topological polar surface area (TPSA) is 84.5 Å². The lowest BCUT2D eigenvalue weighted by Crippen LogP contribution is -2.51. The van der Waals surface area contributed by atoms with Crippen molar-refractivity contribution >= 4 is 16.1 Å². The van der Waals surface area contributed by atoms with Crippen molar-refractivity contribution in [3.63, 3.8) is 0 Å².